The fraction of sp³-hybridized carbons (Fsp3) is 0.292. The van der Waals surface area contributed by atoms with Crippen LogP contribution in [0.2, 0.25) is 0 Å². The topological polar surface area (TPSA) is 178 Å². The molecule has 0 saturated heterocycles. The molecular formula is C24H31N2O9S3+. The van der Waals surface area contributed by atoms with Gasteiger partial charge in [-0.2, -0.15) is 29.8 Å². The molecule has 0 spiro atoms. The first kappa shape index (κ1) is 31.3. The van der Waals surface area contributed by atoms with E-state index in [1.807, 2.05) is 30.3 Å². The third-order valence-corrected chi connectivity index (χ3v) is 7.70. The Kier molecular flexibility index (Phi) is 11.4. The van der Waals surface area contributed by atoms with Crippen molar-refractivity contribution in [3.63, 3.8) is 0 Å². The van der Waals surface area contributed by atoms with Gasteiger partial charge >= 0.3 is 0 Å². The van der Waals surface area contributed by atoms with Crippen LogP contribution < -0.4 is 5.32 Å². The van der Waals surface area contributed by atoms with Gasteiger partial charge in [0.05, 0.1) is 16.4 Å². The molecule has 208 valence electrons. The Balaban J connectivity index is 2.50. The zero-order valence-corrected chi connectivity index (χ0v) is 23.1. The SMILES string of the molecule is Cc1cc(S(=O)(=O)O)ccc1/[N+](CCCS(=O)(=O)O)=C(/C=C/C=C/Nc1ccccc1)CCCS(=O)(=O)O. The lowest BCUT2D eigenvalue weighted by molar-refractivity contribution is -0.441. The summed E-state index contributed by atoms with van der Waals surface area (Å²) in [6, 6.07) is 13.2. The molecule has 0 amide bonds. The van der Waals surface area contributed by atoms with E-state index in [2.05, 4.69) is 5.32 Å². The van der Waals surface area contributed by atoms with E-state index in [1.54, 1.807) is 35.9 Å². The second kappa shape index (κ2) is 13.8. The summed E-state index contributed by atoms with van der Waals surface area (Å²) < 4.78 is 97.6. The van der Waals surface area contributed by atoms with Crippen molar-refractivity contribution in [3.8, 4) is 0 Å². The van der Waals surface area contributed by atoms with Crippen molar-refractivity contribution in [1.29, 1.82) is 0 Å². The molecule has 4 N–H and O–H groups in total. The molecule has 0 saturated carbocycles. The van der Waals surface area contributed by atoms with Gasteiger partial charge in [0.15, 0.2) is 5.71 Å². The number of aryl methyl sites for hydroxylation is 1. The average Bonchev–Trinajstić information content (AvgIpc) is 2.80. The smallest absolute Gasteiger partial charge is 0.294 e. The maximum absolute atomic E-state index is 11.6. The summed E-state index contributed by atoms with van der Waals surface area (Å²) in [6.45, 7) is 1.67. The molecule has 0 radical (unpaired) electrons. The lowest BCUT2D eigenvalue weighted by Crippen LogP contribution is -2.21. The van der Waals surface area contributed by atoms with Crippen LogP contribution in [0.4, 0.5) is 11.4 Å². The first-order chi connectivity index (χ1) is 17.7. The molecule has 0 atom stereocenters. The Morgan fingerprint density at radius 3 is 2.08 bits per heavy atom. The number of hydrogen-bond acceptors (Lipinski definition) is 7. The Hall–Kier alpha value is -2.88. The van der Waals surface area contributed by atoms with E-state index in [-0.39, 0.29) is 30.7 Å². The van der Waals surface area contributed by atoms with Gasteiger partial charge in [0.1, 0.15) is 6.54 Å². The highest BCUT2D eigenvalue weighted by molar-refractivity contribution is 7.86. The van der Waals surface area contributed by atoms with Crippen molar-refractivity contribution in [2.45, 2.75) is 31.1 Å². The van der Waals surface area contributed by atoms with Crippen molar-refractivity contribution in [2.24, 2.45) is 0 Å². The lowest BCUT2D eigenvalue weighted by atomic mass is 10.1. The second-order valence-corrected chi connectivity index (χ2v) is 12.9. The molecule has 0 bridgehead atoms. The molecule has 11 nitrogen and oxygen atoms in total. The van der Waals surface area contributed by atoms with Crippen molar-refractivity contribution < 1.29 is 43.5 Å². The quantitative estimate of drug-likeness (QED) is 0.111. The summed E-state index contributed by atoms with van der Waals surface area (Å²) in [5, 5.41) is 3.08. The molecule has 0 aliphatic rings. The van der Waals surface area contributed by atoms with Gasteiger partial charge < -0.3 is 5.32 Å². The lowest BCUT2D eigenvalue weighted by Gasteiger charge is -2.11. The van der Waals surface area contributed by atoms with Gasteiger partial charge in [0.2, 0.25) is 5.69 Å². The zero-order chi connectivity index (χ0) is 28.4. The molecule has 0 aliphatic carbocycles. The van der Waals surface area contributed by atoms with Crippen molar-refractivity contribution >= 4 is 47.4 Å². The Morgan fingerprint density at radius 2 is 1.50 bits per heavy atom. The molecule has 0 fully saturated rings. The van der Waals surface area contributed by atoms with Crippen LogP contribution in [0.15, 0.2) is 77.9 Å². The standard InChI is InChI=1S/C24H30N2O9S3/c1-20-19-23(38(33,34)35)13-14-24(20)26(16-8-18-37(30,31)32)22(12-7-17-36(27,28)29)11-5-6-15-25-21-9-3-2-4-10-21/h2-6,9-11,13-15,19H,7-8,12,16-18H2,1H3,(H3,27,28,29,30,31,32,33,34,35)/p+1. The van der Waals surface area contributed by atoms with Crippen LogP contribution in [0.3, 0.4) is 0 Å². The number of anilines is 1. The van der Waals surface area contributed by atoms with Crippen molar-refractivity contribution in [1.82, 2.24) is 0 Å². The predicted octanol–water partition coefficient (Wildman–Crippen LogP) is 3.45. The first-order valence-corrected chi connectivity index (χ1v) is 16.1. The minimum atomic E-state index is -4.46. The highest BCUT2D eigenvalue weighted by atomic mass is 32.2. The van der Waals surface area contributed by atoms with Gasteiger partial charge in [-0.15, -0.1) is 0 Å². The van der Waals surface area contributed by atoms with E-state index in [9.17, 15) is 34.4 Å². The van der Waals surface area contributed by atoms with Gasteiger partial charge in [-0.1, -0.05) is 24.3 Å². The molecule has 0 heterocycles. The van der Waals surface area contributed by atoms with Crippen LogP contribution in [0.5, 0.6) is 0 Å². The average molecular weight is 588 g/mol. The van der Waals surface area contributed by atoms with Gasteiger partial charge in [-0.3, -0.25) is 13.7 Å². The summed E-state index contributed by atoms with van der Waals surface area (Å²) >= 11 is 0. The number of para-hydroxylation sites is 1. The van der Waals surface area contributed by atoms with Crippen LogP contribution in [-0.2, 0) is 30.4 Å². The number of nitrogens with zero attached hydrogens (tertiary/aromatic N) is 1. The van der Waals surface area contributed by atoms with Crippen molar-refractivity contribution in [2.75, 3.05) is 23.4 Å². The number of nitrogens with one attached hydrogen (secondary N) is 1. The fourth-order valence-electron chi connectivity index (χ4n) is 3.56. The van der Waals surface area contributed by atoms with Crippen LogP contribution in [-0.4, -0.2) is 67.2 Å². The Bertz CT molecular complexity index is 1510. The van der Waals surface area contributed by atoms with Crippen LogP contribution in [0.25, 0.3) is 0 Å². The monoisotopic (exact) mass is 587 g/mol. The van der Waals surface area contributed by atoms with Crippen LogP contribution in [0, 0.1) is 6.92 Å². The van der Waals surface area contributed by atoms with Crippen molar-refractivity contribution in [3.05, 3.63) is 78.5 Å². The van der Waals surface area contributed by atoms with Gasteiger partial charge in [0, 0.05) is 42.4 Å². The van der Waals surface area contributed by atoms with Gasteiger partial charge in [0.25, 0.3) is 30.4 Å². The van der Waals surface area contributed by atoms with Crippen LogP contribution >= 0.6 is 0 Å². The molecular weight excluding hydrogens is 556 g/mol. The third-order valence-electron chi connectivity index (χ3n) is 5.24. The van der Waals surface area contributed by atoms with Gasteiger partial charge in [-0.25, -0.2) is 0 Å². The minimum absolute atomic E-state index is 0.000631. The summed E-state index contributed by atoms with van der Waals surface area (Å²) in [5.74, 6) is -1.04. The predicted molar refractivity (Wildman–Crippen MR) is 146 cm³/mol. The third kappa shape index (κ3) is 11.7. The molecule has 0 aliphatic heterocycles. The first-order valence-electron chi connectivity index (χ1n) is 11.4. The molecule has 0 aromatic heterocycles. The highest BCUT2D eigenvalue weighted by Gasteiger charge is 2.22. The molecule has 2 rings (SSSR count). The molecule has 2 aromatic carbocycles. The highest BCUT2D eigenvalue weighted by Crippen LogP contribution is 2.24. The largest absolute Gasteiger partial charge is 0.362 e. The Morgan fingerprint density at radius 1 is 0.868 bits per heavy atom. The summed E-state index contributed by atoms with van der Waals surface area (Å²) in [5.41, 5.74) is 2.31. The van der Waals surface area contributed by atoms with Crippen LogP contribution in [0.1, 0.15) is 24.8 Å². The number of hydrogen-bond donors (Lipinski definition) is 4. The van der Waals surface area contributed by atoms with E-state index >= 15 is 0 Å². The van der Waals surface area contributed by atoms with E-state index in [4.69, 9.17) is 4.55 Å². The molecule has 0 unspecified atom stereocenters. The maximum atomic E-state index is 11.6. The van der Waals surface area contributed by atoms with E-state index in [0.717, 1.165) is 5.69 Å². The zero-order valence-electron chi connectivity index (χ0n) is 20.6. The molecule has 14 heteroatoms. The minimum Gasteiger partial charge on any atom is -0.362 e. The maximum Gasteiger partial charge on any atom is 0.294 e. The summed E-state index contributed by atoms with van der Waals surface area (Å²) in [7, 11) is -12.9. The number of benzene rings is 2. The fourth-order valence-corrected chi connectivity index (χ4v) is 5.13. The summed E-state index contributed by atoms with van der Waals surface area (Å²) in [4.78, 5) is -0.324. The van der Waals surface area contributed by atoms with E-state index < -0.39 is 41.9 Å². The number of rotatable bonds is 14. The second-order valence-electron chi connectivity index (χ2n) is 8.32. The Labute approximate surface area is 223 Å². The molecule has 2 aromatic rings. The van der Waals surface area contributed by atoms with E-state index in [0.29, 0.717) is 17.0 Å². The normalized spacial score (nSPS) is 13.7. The van der Waals surface area contributed by atoms with E-state index in [1.165, 1.54) is 18.2 Å². The van der Waals surface area contributed by atoms with Gasteiger partial charge in [-0.05, 0) is 43.7 Å². The number of allylic oxidation sites excluding steroid dienone is 3. The molecule has 38 heavy (non-hydrogen) atoms. The summed E-state index contributed by atoms with van der Waals surface area (Å²) in [6.07, 6.45) is 6.92.